The number of benzene rings is 2. The van der Waals surface area contributed by atoms with Crippen molar-refractivity contribution in [3.63, 3.8) is 0 Å². The Balaban J connectivity index is 1.46. The van der Waals surface area contributed by atoms with E-state index in [1.54, 1.807) is 0 Å². The fourth-order valence-electron chi connectivity index (χ4n) is 3.31. The van der Waals surface area contributed by atoms with Crippen LogP contribution in [0.3, 0.4) is 0 Å². The van der Waals surface area contributed by atoms with Crippen LogP contribution in [0.25, 0.3) is 0 Å². The minimum Gasteiger partial charge on any atom is -0.371 e. The van der Waals surface area contributed by atoms with E-state index in [2.05, 4.69) is 0 Å². The standard InChI is InChI=1S/C20H22O5/c21-18-11-16(22-12-14-7-3-1-4-8-14)19-17(24-18)13-23-20(25-19)15-9-5-2-6-10-15/h1-10,16-21H,11-13H2/t16-,17-,18?,19+,20-/m1/s1. The van der Waals surface area contributed by atoms with E-state index < -0.39 is 12.6 Å². The Morgan fingerprint density at radius 1 is 0.960 bits per heavy atom. The number of ether oxygens (including phenoxy) is 4. The zero-order valence-corrected chi connectivity index (χ0v) is 13.9. The van der Waals surface area contributed by atoms with Gasteiger partial charge in [-0.25, -0.2) is 0 Å². The van der Waals surface area contributed by atoms with Crippen LogP contribution in [0.4, 0.5) is 0 Å². The molecule has 5 heteroatoms. The van der Waals surface area contributed by atoms with Crippen LogP contribution < -0.4 is 0 Å². The lowest BCUT2D eigenvalue weighted by Gasteiger charge is -2.44. The van der Waals surface area contributed by atoms with Crippen LogP contribution in [0.2, 0.25) is 0 Å². The summed E-state index contributed by atoms with van der Waals surface area (Å²) in [5, 5.41) is 9.99. The van der Waals surface area contributed by atoms with Gasteiger partial charge in [-0.3, -0.25) is 0 Å². The SMILES string of the molecule is OC1C[C@@H](OCc2ccccc2)[C@@H]2O[C@H](c3ccccc3)OC[C@H]2O1. The number of hydrogen-bond acceptors (Lipinski definition) is 5. The van der Waals surface area contributed by atoms with Gasteiger partial charge < -0.3 is 24.1 Å². The van der Waals surface area contributed by atoms with Gasteiger partial charge in [-0.05, 0) is 5.56 Å². The molecule has 0 saturated carbocycles. The van der Waals surface area contributed by atoms with E-state index in [4.69, 9.17) is 18.9 Å². The molecule has 2 aliphatic rings. The van der Waals surface area contributed by atoms with E-state index in [9.17, 15) is 5.11 Å². The van der Waals surface area contributed by atoms with Gasteiger partial charge in [0.2, 0.25) is 0 Å². The molecule has 2 saturated heterocycles. The van der Waals surface area contributed by atoms with Crippen molar-refractivity contribution < 1.29 is 24.1 Å². The van der Waals surface area contributed by atoms with E-state index in [-0.39, 0.29) is 18.3 Å². The topological polar surface area (TPSA) is 57.2 Å². The van der Waals surface area contributed by atoms with Gasteiger partial charge in [0.05, 0.1) is 19.3 Å². The van der Waals surface area contributed by atoms with Crippen LogP contribution in [0.5, 0.6) is 0 Å². The molecule has 1 unspecified atom stereocenters. The highest BCUT2D eigenvalue weighted by Gasteiger charge is 2.44. The Morgan fingerprint density at radius 2 is 1.68 bits per heavy atom. The summed E-state index contributed by atoms with van der Waals surface area (Å²) in [5.74, 6) is 0. The molecule has 0 aromatic heterocycles. The summed E-state index contributed by atoms with van der Waals surface area (Å²) < 4.78 is 23.6. The predicted octanol–water partition coefficient (Wildman–Crippen LogP) is 2.79. The Bertz CT molecular complexity index is 662. The van der Waals surface area contributed by atoms with Gasteiger partial charge in [-0.2, -0.15) is 0 Å². The maximum Gasteiger partial charge on any atom is 0.184 e. The van der Waals surface area contributed by atoms with Crippen molar-refractivity contribution in [1.29, 1.82) is 0 Å². The third kappa shape index (κ3) is 3.92. The van der Waals surface area contributed by atoms with Crippen LogP contribution >= 0.6 is 0 Å². The normalized spacial score (nSPS) is 32.1. The first-order chi connectivity index (χ1) is 12.3. The Hall–Kier alpha value is -1.76. The van der Waals surface area contributed by atoms with E-state index in [0.29, 0.717) is 19.6 Å². The number of aliphatic hydroxyl groups is 1. The summed E-state index contributed by atoms with van der Waals surface area (Å²) in [6.07, 6.45) is -1.76. The van der Waals surface area contributed by atoms with E-state index in [1.165, 1.54) is 0 Å². The number of aliphatic hydroxyl groups excluding tert-OH is 1. The monoisotopic (exact) mass is 342 g/mol. The van der Waals surface area contributed by atoms with Gasteiger partial charge in [0.15, 0.2) is 12.6 Å². The first-order valence-electron chi connectivity index (χ1n) is 8.60. The minimum absolute atomic E-state index is 0.246. The number of fused-ring (bicyclic) bond motifs is 1. The molecule has 132 valence electrons. The lowest BCUT2D eigenvalue weighted by molar-refractivity contribution is -0.336. The summed E-state index contributed by atoms with van der Waals surface area (Å²) in [7, 11) is 0. The minimum atomic E-state index is -0.859. The molecular formula is C20H22O5. The highest BCUT2D eigenvalue weighted by atomic mass is 16.7. The van der Waals surface area contributed by atoms with Crippen molar-refractivity contribution in [3.05, 3.63) is 71.8 Å². The molecule has 25 heavy (non-hydrogen) atoms. The first kappa shape index (κ1) is 16.7. The molecule has 2 aromatic rings. The molecule has 0 aliphatic carbocycles. The Labute approximate surface area is 147 Å². The van der Waals surface area contributed by atoms with Gasteiger partial charge in [-0.15, -0.1) is 0 Å². The van der Waals surface area contributed by atoms with Gasteiger partial charge >= 0.3 is 0 Å². The molecule has 0 spiro atoms. The average Bonchev–Trinajstić information content (AvgIpc) is 2.67. The van der Waals surface area contributed by atoms with Gasteiger partial charge in [-0.1, -0.05) is 60.7 Å². The molecule has 2 aromatic carbocycles. The summed E-state index contributed by atoms with van der Waals surface area (Å²) in [6.45, 7) is 0.841. The van der Waals surface area contributed by atoms with Crippen molar-refractivity contribution in [2.45, 2.75) is 43.9 Å². The van der Waals surface area contributed by atoms with Crippen molar-refractivity contribution in [1.82, 2.24) is 0 Å². The van der Waals surface area contributed by atoms with Crippen LogP contribution in [0.15, 0.2) is 60.7 Å². The largest absolute Gasteiger partial charge is 0.371 e. The molecule has 0 amide bonds. The quantitative estimate of drug-likeness (QED) is 0.926. The predicted molar refractivity (Wildman–Crippen MR) is 90.5 cm³/mol. The van der Waals surface area contributed by atoms with Gasteiger partial charge in [0.1, 0.15) is 12.2 Å². The molecule has 0 bridgehead atoms. The zero-order valence-electron chi connectivity index (χ0n) is 13.9. The summed E-state index contributed by atoms with van der Waals surface area (Å²) in [5.41, 5.74) is 2.06. The fraction of sp³-hybridized carbons (Fsp3) is 0.400. The first-order valence-corrected chi connectivity index (χ1v) is 8.60. The van der Waals surface area contributed by atoms with Crippen LogP contribution in [-0.4, -0.2) is 36.3 Å². The third-order valence-corrected chi connectivity index (χ3v) is 4.57. The zero-order chi connectivity index (χ0) is 17.1. The van der Waals surface area contributed by atoms with Crippen molar-refractivity contribution in [2.75, 3.05) is 6.61 Å². The lowest BCUT2D eigenvalue weighted by atomic mass is 10.00. The van der Waals surface area contributed by atoms with Crippen molar-refractivity contribution in [3.8, 4) is 0 Å². The summed E-state index contributed by atoms with van der Waals surface area (Å²) >= 11 is 0. The second kappa shape index (κ2) is 7.64. The van der Waals surface area contributed by atoms with Gasteiger partial charge in [0, 0.05) is 12.0 Å². The average molecular weight is 342 g/mol. The second-order valence-electron chi connectivity index (χ2n) is 6.38. The maximum absolute atomic E-state index is 9.99. The van der Waals surface area contributed by atoms with Crippen LogP contribution in [-0.2, 0) is 25.6 Å². The van der Waals surface area contributed by atoms with Crippen LogP contribution in [0, 0.1) is 0 Å². The smallest absolute Gasteiger partial charge is 0.184 e. The maximum atomic E-state index is 9.99. The third-order valence-electron chi connectivity index (χ3n) is 4.57. The lowest BCUT2D eigenvalue weighted by Crippen LogP contribution is -2.55. The molecule has 2 aliphatic heterocycles. The molecule has 5 atom stereocenters. The molecule has 0 radical (unpaired) electrons. The molecule has 4 rings (SSSR count). The Morgan fingerprint density at radius 3 is 2.44 bits per heavy atom. The van der Waals surface area contributed by atoms with Crippen molar-refractivity contribution >= 4 is 0 Å². The van der Waals surface area contributed by atoms with Gasteiger partial charge in [0.25, 0.3) is 0 Å². The van der Waals surface area contributed by atoms with E-state index in [1.807, 2.05) is 60.7 Å². The molecule has 2 fully saturated rings. The Kier molecular flexibility index (Phi) is 5.10. The molecule has 5 nitrogen and oxygen atoms in total. The number of rotatable bonds is 4. The van der Waals surface area contributed by atoms with E-state index in [0.717, 1.165) is 11.1 Å². The molecule has 1 N–H and O–H groups in total. The van der Waals surface area contributed by atoms with Crippen molar-refractivity contribution in [2.24, 2.45) is 0 Å². The number of hydrogen-bond donors (Lipinski definition) is 1. The summed E-state index contributed by atoms with van der Waals surface area (Å²) in [6, 6.07) is 19.8. The fourth-order valence-corrected chi connectivity index (χ4v) is 3.31. The highest BCUT2D eigenvalue weighted by molar-refractivity contribution is 5.17. The summed E-state index contributed by atoms with van der Waals surface area (Å²) in [4.78, 5) is 0. The van der Waals surface area contributed by atoms with E-state index >= 15 is 0 Å². The highest BCUT2D eigenvalue weighted by Crippen LogP contribution is 2.34. The van der Waals surface area contributed by atoms with Crippen LogP contribution in [0.1, 0.15) is 23.8 Å². The molecule has 2 heterocycles. The second-order valence-corrected chi connectivity index (χ2v) is 6.38. The molecular weight excluding hydrogens is 320 g/mol.